The van der Waals surface area contributed by atoms with Gasteiger partial charge in [-0.05, 0) is 18.3 Å². The van der Waals surface area contributed by atoms with Gasteiger partial charge in [-0.3, -0.25) is 14.5 Å². The summed E-state index contributed by atoms with van der Waals surface area (Å²) in [5.74, 6) is 0.844. The van der Waals surface area contributed by atoms with Gasteiger partial charge in [-0.25, -0.2) is 0 Å². The van der Waals surface area contributed by atoms with Gasteiger partial charge in [-0.2, -0.15) is 5.10 Å². The Morgan fingerprint density at radius 1 is 1.00 bits per heavy atom. The van der Waals surface area contributed by atoms with Crippen LogP contribution in [0.15, 0.2) is 66.8 Å². The Hall–Kier alpha value is -2.59. The largest absolute Gasteiger partial charge is 0.512 e. The van der Waals surface area contributed by atoms with E-state index in [-0.39, 0.29) is 38.0 Å². The molecule has 0 spiro atoms. The number of nitrogens with zero attached hydrogens (tertiary/aromatic N) is 4. The zero-order chi connectivity index (χ0) is 22.4. The molecule has 3 rings (SSSR count). The minimum absolute atomic E-state index is 0. The summed E-state index contributed by atoms with van der Waals surface area (Å²) >= 11 is 0. The van der Waals surface area contributed by atoms with Crippen molar-refractivity contribution in [2.24, 2.45) is 10.8 Å². The van der Waals surface area contributed by atoms with Crippen LogP contribution in [-0.4, -0.2) is 30.6 Å². The van der Waals surface area contributed by atoms with E-state index in [0.717, 1.165) is 17.1 Å². The molecule has 0 fully saturated rings. The molecule has 0 unspecified atom stereocenters. The summed E-state index contributed by atoms with van der Waals surface area (Å²) in [5.41, 5.74) is 1.03. The Balaban J connectivity index is 0.000000314. The van der Waals surface area contributed by atoms with Crippen LogP contribution in [-0.2, 0) is 25.9 Å². The molecule has 168 valence electrons. The molecule has 0 saturated carbocycles. The van der Waals surface area contributed by atoms with E-state index in [9.17, 15) is 9.90 Å². The molecule has 3 aromatic rings. The molecule has 0 amide bonds. The Kier molecular flexibility index (Phi) is 9.51. The molecule has 0 aliphatic carbocycles. The van der Waals surface area contributed by atoms with Gasteiger partial charge < -0.3 is 10.1 Å². The van der Waals surface area contributed by atoms with Crippen LogP contribution in [0.1, 0.15) is 41.5 Å². The van der Waals surface area contributed by atoms with Gasteiger partial charge in [0.1, 0.15) is 12.1 Å². The normalized spacial score (nSPS) is 11.7. The van der Waals surface area contributed by atoms with Crippen molar-refractivity contribution < 1.29 is 31.0 Å². The number of carbonyl (C=O) groups is 1. The minimum Gasteiger partial charge on any atom is -0.512 e. The predicted octanol–water partition coefficient (Wildman–Crippen LogP) is 5.22. The molecule has 0 saturated heterocycles. The van der Waals surface area contributed by atoms with E-state index in [2.05, 4.69) is 21.3 Å². The van der Waals surface area contributed by atoms with E-state index in [0.29, 0.717) is 0 Å². The van der Waals surface area contributed by atoms with E-state index in [1.54, 1.807) is 10.9 Å². The average molecular weight is 601 g/mol. The van der Waals surface area contributed by atoms with Gasteiger partial charge in [-0.1, -0.05) is 71.5 Å². The molecule has 2 heterocycles. The van der Waals surface area contributed by atoms with Crippen molar-refractivity contribution in [2.45, 2.75) is 41.5 Å². The van der Waals surface area contributed by atoms with Crippen LogP contribution in [0.4, 0.5) is 0 Å². The molecule has 0 aliphatic rings. The second-order valence-corrected chi connectivity index (χ2v) is 8.89. The van der Waals surface area contributed by atoms with E-state index in [4.69, 9.17) is 0 Å². The molecule has 0 aliphatic heterocycles. The number of aliphatic hydroxyl groups excluding tert-OH is 1. The number of benzene rings is 1. The summed E-state index contributed by atoms with van der Waals surface area (Å²) in [7, 11) is 0. The molecule has 1 aromatic carbocycles. The fourth-order valence-corrected chi connectivity index (χ4v) is 2.19. The summed E-state index contributed by atoms with van der Waals surface area (Å²) in [6.07, 6.45) is 7.46. The molecule has 0 radical (unpaired) electrons. The van der Waals surface area contributed by atoms with Crippen molar-refractivity contribution in [2.75, 3.05) is 0 Å². The standard InChI is InChI=1S/C13H9N4.C11H20O2.Pt/c1-2-6-12(7-3-1)17-13(15-10-16-17)11-5-4-8-14-9-11;1-10(2,3)8(12)7-9(13)11(4,5)6;/h1-8,10H;7,12H,1-6H3;/q-1;;/b;8-7-;. The summed E-state index contributed by atoms with van der Waals surface area (Å²) in [6.45, 7) is 11.1. The molecule has 0 atom stereocenters. The quantitative estimate of drug-likeness (QED) is 0.254. The SMILES string of the molecule is CC(C)(C)C(=O)/C=C(\O)C(C)(C)C.[Pt].[c-]1ncccc1-c1ncnn1-c1ccccc1. The van der Waals surface area contributed by atoms with Gasteiger partial charge in [-0.15, -0.1) is 12.1 Å². The first-order chi connectivity index (χ1) is 14.0. The Morgan fingerprint density at radius 3 is 2.16 bits per heavy atom. The van der Waals surface area contributed by atoms with E-state index < -0.39 is 5.41 Å². The molecular weight excluding hydrogens is 571 g/mol. The van der Waals surface area contributed by atoms with Crippen LogP contribution in [0.25, 0.3) is 17.1 Å². The van der Waals surface area contributed by atoms with Gasteiger partial charge in [0, 0.05) is 38.0 Å². The van der Waals surface area contributed by atoms with Crippen molar-refractivity contribution in [1.82, 2.24) is 19.7 Å². The molecule has 1 N–H and O–H groups in total. The van der Waals surface area contributed by atoms with Crippen LogP contribution in [0.2, 0.25) is 0 Å². The summed E-state index contributed by atoms with van der Waals surface area (Å²) in [6, 6.07) is 13.6. The molecule has 7 heteroatoms. The first kappa shape index (κ1) is 26.4. The van der Waals surface area contributed by atoms with E-state index in [1.807, 2.05) is 84.0 Å². The number of para-hydroxylation sites is 1. The maximum atomic E-state index is 11.5. The predicted molar refractivity (Wildman–Crippen MR) is 118 cm³/mol. The fraction of sp³-hybridized carbons (Fsp3) is 0.333. The number of hydrogen-bond acceptors (Lipinski definition) is 5. The smallest absolute Gasteiger partial charge is 0.164 e. The van der Waals surface area contributed by atoms with Crippen molar-refractivity contribution in [3.8, 4) is 17.1 Å². The molecule has 2 aromatic heterocycles. The number of allylic oxidation sites excluding steroid dienone is 2. The molecule has 0 bridgehead atoms. The first-order valence-corrected chi connectivity index (χ1v) is 9.74. The number of rotatable bonds is 3. The number of hydrogen-bond donors (Lipinski definition) is 1. The third-order valence-corrected chi connectivity index (χ3v) is 4.17. The van der Waals surface area contributed by atoms with Crippen LogP contribution in [0, 0.1) is 17.0 Å². The average Bonchev–Trinajstić information content (AvgIpc) is 3.18. The number of aliphatic hydroxyl groups is 1. The third-order valence-electron chi connectivity index (χ3n) is 4.17. The Morgan fingerprint density at radius 2 is 1.65 bits per heavy atom. The minimum atomic E-state index is -0.417. The zero-order valence-electron chi connectivity index (χ0n) is 18.7. The Bertz CT molecular complexity index is 932. The van der Waals surface area contributed by atoms with Gasteiger partial charge in [0.15, 0.2) is 5.78 Å². The van der Waals surface area contributed by atoms with Gasteiger partial charge in [0.25, 0.3) is 0 Å². The van der Waals surface area contributed by atoms with Crippen molar-refractivity contribution in [3.63, 3.8) is 0 Å². The number of ketones is 1. The first-order valence-electron chi connectivity index (χ1n) is 9.74. The van der Waals surface area contributed by atoms with Crippen LogP contribution < -0.4 is 0 Å². The van der Waals surface area contributed by atoms with Crippen molar-refractivity contribution in [1.29, 1.82) is 0 Å². The van der Waals surface area contributed by atoms with Crippen molar-refractivity contribution in [3.05, 3.63) is 73.0 Å². The summed E-state index contributed by atoms with van der Waals surface area (Å²) < 4.78 is 1.77. The molecule has 6 nitrogen and oxygen atoms in total. The second kappa shape index (κ2) is 11.1. The maximum Gasteiger partial charge on any atom is 0.164 e. The molecule has 31 heavy (non-hydrogen) atoms. The van der Waals surface area contributed by atoms with Crippen molar-refractivity contribution >= 4 is 5.78 Å². The van der Waals surface area contributed by atoms with E-state index >= 15 is 0 Å². The topological polar surface area (TPSA) is 80.9 Å². The maximum absolute atomic E-state index is 11.5. The number of carbonyl (C=O) groups excluding carboxylic acids is 1. The van der Waals surface area contributed by atoms with Gasteiger partial charge in [0.2, 0.25) is 0 Å². The number of pyridine rings is 1. The fourth-order valence-electron chi connectivity index (χ4n) is 2.19. The summed E-state index contributed by atoms with van der Waals surface area (Å²) in [4.78, 5) is 19.7. The van der Waals surface area contributed by atoms with Gasteiger partial charge in [0.05, 0.1) is 11.5 Å². The van der Waals surface area contributed by atoms with Crippen LogP contribution in [0.3, 0.4) is 0 Å². The molecular formula is C24H29N4O2Pt-. The second-order valence-electron chi connectivity index (χ2n) is 8.89. The third kappa shape index (κ3) is 7.87. The van der Waals surface area contributed by atoms with Crippen LogP contribution in [0.5, 0.6) is 0 Å². The number of aromatic nitrogens is 4. The van der Waals surface area contributed by atoms with Crippen LogP contribution >= 0.6 is 0 Å². The summed E-state index contributed by atoms with van der Waals surface area (Å²) in [5, 5.41) is 13.8. The zero-order valence-corrected chi connectivity index (χ0v) is 21.0. The van der Waals surface area contributed by atoms with E-state index in [1.165, 1.54) is 12.4 Å². The van der Waals surface area contributed by atoms with Gasteiger partial charge >= 0.3 is 0 Å². The Labute approximate surface area is 198 Å². The monoisotopic (exact) mass is 600 g/mol.